The zero-order chi connectivity index (χ0) is 15.6. The number of carbonyl (C=O) groups excluding carboxylic acids is 2. The monoisotopic (exact) mass is 336 g/mol. The third-order valence-electron chi connectivity index (χ3n) is 5.07. The number of imide groups is 1. The van der Waals surface area contributed by atoms with Crippen LogP contribution in [0.25, 0.3) is 0 Å². The van der Waals surface area contributed by atoms with Crippen LogP contribution in [-0.2, 0) is 9.59 Å². The molecule has 2 fully saturated rings. The first-order chi connectivity index (χ1) is 10.5. The number of nitrogen functional groups attached to an aromatic ring is 1. The summed E-state index contributed by atoms with van der Waals surface area (Å²) in [5, 5.41) is 0.587. The van der Waals surface area contributed by atoms with Crippen molar-refractivity contribution in [2.75, 3.05) is 10.6 Å². The second-order valence-electron chi connectivity index (χ2n) is 6.18. The minimum Gasteiger partial charge on any atom is -0.397 e. The van der Waals surface area contributed by atoms with E-state index in [0.29, 0.717) is 10.7 Å². The Hall–Kier alpha value is -1.52. The fourth-order valence-corrected chi connectivity index (χ4v) is 4.39. The maximum absolute atomic E-state index is 12.8. The number of nitrogens with two attached hydrogens (primary N) is 1. The molecule has 1 aromatic rings. The molecule has 2 N–H and O–H groups in total. The largest absolute Gasteiger partial charge is 0.397 e. The Morgan fingerprint density at radius 1 is 0.955 bits per heavy atom. The first kappa shape index (κ1) is 14.1. The molecule has 0 aromatic heterocycles. The quantitative estimate of drug-likeness (QED) is 0.486. The summed E-state index contributed by atoms with van der Waals surface area (Å²) in [6.45, 7) is 0. The van der Waals surface area contributed by atoms with Crippen molar-refractivity contribution in [2.45, 2.75) is 12.8 Å². The summed E-state index contributed by atoms with van der Waals surface area (Å²) in [5.41, 5.74) is 6.60. The van der Waals surface area contributed by atoms with Gasteiger partial charge in [0, 0.05) is 0 Å². The molecule has 0 unspecified atom stereocenters. The van der Waals surface area contributed by atoms with Gasteiger partial charge >= 0.3 is 0 Å². The molecule has 4 nitrogen and oxygen atoms in total. The van der Waals surface area contributed by atoms with Crippen LogP contribution < -0.4 is 10.6 Å². The van der Waals surface area contributed by atoms with Crippen molar-refractivity contribution in [3.63, 3.8) is 0 Å². The first-order valence-electron chi connectivity index (χ1n) is 7.29. The number of halogens is 2. The Morgan fingerprint density at radius 2 is 1.45 bits per heavy atom. The van der Waals surface area contributed by atoms with Gasteiger partial charge < -0.3 is 5.73 Å². The highest BCUT2D eigenvalue weighted by molar-refractivity contribution is 6.42. The maximum Gasteiger partial charge on any atom is 0.238 e. The second-order valence-corrected chi connectivity index (χ2v) is 6.99. The molecule has 1 saturated carbocycles. The molecule has 0 spiro atoms. The average Bonchev–Trinajstić information content (AvgIpc) is 2.78. The molecule has 2 amide bonds. The van der Waals surface area contributed by atoms with Crippen molar-refractivity contribution in [3.05, 3.63) is 34.3 Å². The van der Waals surface area contributed by atoms with Gasteiger partial charge in [0.15, 0.2) is 0 Å². The predicted octanol–water partition coefficient (Wildman–Crippen LogP) is 3.28. The minimum atomic E-state index is -0.259. The number of allylic oxidation sites excluding steroid dienone is 2. The zero-order valence-electron chi connectivity index (χ0n) is 11.6. The van der Waals surface area contributed by atoms with Crippen molar-refractivity contribution in [1.82, 2.24) is 0 Å². The lowest BCUT2D eigenvalue weighted by Crippen LogP contribution is -2.38. The van der Waals surface area contributed by atoms with Gasteiger partial charge in [-0.2, -0.15) is 0 Å². The Morgan fingerprint density at radius 3 is 1.95 bits per heavy atom. The van der Waals surface area contributed by atoms with Crippen LogP contribution in [0.1, 0.15) is 12.8 Å². The van der Waals surface area contributed by atoms with Gasteiger partial charge in [-0.3, -0.25) is 9.59 Å². The van der Waals surface area contributed by atoms with E-state index in [0.717, 1.165) is 12.8 Å². The number of benzene rings is 1. The molecule has 22 heavy (non-hydrogen) atoms. The molecule has 1 aromatic carbocycles. The molecule has 1 saturated heterocycles. The summed E-state index contributed by atoms with van der Waals surface area (Å²) < 4.78 is 0. The van der Waals surface area contributed by atoms with Gasteiger partial charge in [0.2, 0.25) is 11.8 Å². The molecule has 3 aliphatic carbocycles. The van der Waals surface area contributed by atoms with Gasteiger partial charge in [-0.25, -0.2) is 4.90 Å². The number of rotatable bonds is 1. The summed E-state index contributed by atoms with van der Waals surface area (Å²) in [6, 6.07) is 2.98. The van der Waals surface area contributed by atoms with E-state index in [1.807, 2.05) is 0 Å². The molecule has 0 radical (unpaired) electrons. The van der Waals surface area contributed by atoms with Crippen LogP contribution in [0.3, 0.4) is 0 Å². The first-order valence-corrected chi connectivity index (χ1v) is 8.05. The molecule has 5 rings (SSSR count). The van der Waals surface area contributed by atoms with Gasteiger partial charge in [-0.05, 0) is 36.8 Å². The average molecular weight is 337 g/mol. The van der Waals surface area contributed by atoms with E-state index in [2.05, 4.69) is 12.2 Å². The topological polar surface area (TPSA) is 63.4 Å². The number of nitrogens with zero attached hydrogens (tertiary/aromatic N) is 1. The normalized spacial score (nSPS) is 32.7. The lowest BCUT2D eigenvalue weighted by atomic mass is 9.63. The number of carbonyl (C=O) groups is 2. The lowest BCUT2D eigenvalue weighted by molar-refractivity contribution is -0.124. The van der Waals surface area contributed by atoms with Crippen molar-refractivity contribution in [2.24, 2.45) is 23.7 Å². The highest BCUT2D eigenvalue weighted by Gasteiger charge is 2.57. The third-order valence-corrected chi connectivity index (χ3v) is 5.79. The van der Waals surface area contributed by atoms with Crippen molar-refractivity contribution in [1.29, 1.82) is 0 Å². The summed E-state index contributed by atoms with van der Waals surface area (Å²) in [5.74, 6) is -0.547. The number of hydrogen-bond donors (Lipinski definition) is 1. The Bertz CT molecular complexity index is 699. The van der Waals surface area contributed by atoms with E-state index in [1.54, 1.807) is 0 Å². The van der Waals surface area contributed by atoms with Crippen LogP contribution in [-0.4, -0.2) is 11.8 Å². The van der Waals surface area contributed by atoms with E-state index in [-0.39, 0.29) is 46.2 Å². The SMILES string of the molecule is Nc1cc(Cl)c(Cl)cc1N1C(=O)[C@@H]2[C@H](C1=O)[C@@H]1C=C[C@H]2CC1. The van der Waals surface area contributed by atoms with Gasteiger partial charge in [-0.1, -0.05) is 35.4 Å². The van der Waals surface area contributed by atoms with Gasteiger partial charge in [0.05, 0.1) is 33.3 Å². The van der Waals surface area contributed by atoms with Crippen molar-refractivity contribution in [3.8, 4) is 0 Å². The Kier molecular flexibility index (Phi) is 3.03. The number of amides is 2. The van der Waals surface area contributed by atoms with Crippen LogP contribution in [0.15, 0.2) is 24.3 Å². The molecule has 1 aliphatic heterocycles. The maximum atomic E-state index is 12.8. The van der Waals surface area contributed by atoms with Crippen LogP contribution in [0.2, 0.25) is 10.0 Å². The van der Waals surface area contributed by atoms with E-state index in [4.69, 9.17) is 28.9 Å². The summed E-state index contributed by atoms with van der Waals surface area (Å²) >= 11 is 12.0. The molecule has 2 bridgehead atoms. The standard InChI is InChI=1S/C16H14Cl2N2O2/c17-9-5-11(19)12(6-10(9)18)20-15(21)13-7-1-2-8(4-3-7)14(13)16(20)22/h1-2,5-8,13-14H,3-4,19H2/t7-,8+,13-,14+. The van der Waals surface area contributed by atoms with E-state index in [9.17, 15) is 9.59 Å². The number of hydrogen-bond acceptors (Lipinski definition) is 3. The summed E-state index contributed by atoms with van der Waals surface area (Å²) in [4.78, 5) is 26.9. The van der Waals surface area contributed by atoms with Crippen molar-refractivity contribution < 1.29 is 9.59 Å². The van der Waals surface area contributed by atoms with E-state index >= 15 is 0 Å². The van der Waals surface area contributed by atoms with Gasteiger partial charge in [0.1, 0.15) is 0 Å². The number of anilines is 2. The predicted molar refractivity (Wildman–Crippen MR) is 85.7 cm³/mol. The fourth-order valence-electron chi connectivity index (χ4n) is 4.06. The molecule has 1 heterocycles. The number of fused-ring (bicyclic) bond motifs is 1. The highest BCUT2D eigenvalue weighted by atomic mass is 35.5. The molecule has 114 valence electrons. The molecule has 4 atom stereocenters. The Labute approximate surface area is 137 Å². The molecule has 6 heteroatoms. The molecule has 4 aliphatic rings. The van der Waals surface area contributed by atoms with Crippen LogP contribution >= 0.6 is 23.2 Å². The molecular weight excluding hydrogens is 323 g/mol. The van der Waals surface area contributed by atoms with Crippen LogP contribution in [0.4, 0.5) is 11.4 Å². The Balaban J connectivity index is 1.80. The highest BCUT2D eigenvalue weighted by Crippen LogP contribution is 2.51. The second kappa shape index (κ2) is 4.74. The summed E-state index contributed by atoms with van der Waals surface area (Å²) in [7, 11) is 0. The van der Waals surface area contributed by atoms with Gasteiger partial charge in [0.25, 0.3) is 0 Å². The smallest absolute Gasteiger partial charge is 0.238 e. The third kappa shape index (κ3) is 1.77. The fraction of sp³-hybridized carbons (Fsp3) is 0.375. The lowest BCUT2D eigenvalue weighted by Gasteiger charge is -2.38. The minimum absolute atomic E-state index is 0.153. The van der Waals surface area contributed by atoms with Gasteiger partial charge in [-0.15, -0.1) is 0 Å². The van der Waals surface area contributed by atoms with Crippen LogP contribution in [0.5, 0.6) is 0 Å². The van der Waals surface area contributed by atoms with Crippen LogP contribution in [0, 0.1) is 23.7 Å². The van der Waals surface area contributed by atoms with E-state index < -0.39 is 0 Å². The molecular formula is C16H14Cl2N2O2. The van der Waals surface area contributed by atoms with E-state index in [1.165, 1.54) is 17.0 Å². The van der Waals surface area contributed by atoms with Crippen molar-refractivity contribution >= 4 is 46.4 Å². The summed E-state index contributed by atoms with van der Waals surface area (Å²) in [6.07, 6.45) is 6.10. The zero-order valence-corrected chi connectivity index (χ0v) is 13.1.